The first-order valence-corrected chi connectivity index (χ1v) is 10.9. The van der Waals surface area contributed by atoms with E-state index in [2.05, 4.69) is 38.2 Å². The van der Waals surface area contributed by atoms with E-state index in [4.69, 9.17) is 11.6 Å². The summed E-state index contributed by atoms with van der Waals surface area (Å²) < 4.78 is 0. The molecular weight excluding hydrogens is 384 g/mol. The zero-order valence-electron chi connectivity index (χ0n) is 16.8. The molecule has 0 unspecified atom stereocenters. The molecule has 154 valence electrons. The van der Waals surface area contributed by atoms with Crippen molar-refractivity contribution in [3.05, 3.63) is 53.6 Å². The van der Waals surface area contributed by atoms with Gasteiger partial charge in [-0.2, -0.15) is 0 Å². The van der Waals surface area contributed by atoms with Crippen LogP contribution in [0.25, 0.3) is 0 Å². The molecule has 0 saturated carbocycles. The summed E-state index contributed by atoms with van der Waals surface area (Å²) in [5, 5.41) is 3.80. The van der Waals surface area contributed by atoms with Crippen molar-refractivity contribution in [2.75, 3.05) is 60.9 Å². The molecule has 2 heterocycles. The minimum Gasteiger partial charge on any atom is -0.372 e. The van der Waals surface area contributed by atoms with E-state index in [0.29, 0.717) is 6.54 Å². The van der Waals surface area contributed by atoms with Crippen LogP contribution in [-0.4, -0.2) is 56.6 Å². The van der Waals surface area contributed by atoms with Crippen LogP contribution in [0.1, 0.15) is 19.3 Å². The number of benzene rings is 2. The normalized spacial score (nSPS) is 18.0. The smallest absolute Gasteiger partial charge is 0.238 e. The largest absolute Gasteiger partial charge is 0.372 e. The Hall–Kier alpha value is -2.24. The number of hydrogen-bond acceptors (Lipinski definition) is 4. The molecule has 0 radical (unpaired) electrons. The Balaban J connectivity index is 1.24. The van der Waals surface area contributed by atoms with Crippen LogP contribution in [0.4, 0.5) is 17.1 Å². The van der Waals surface area contributed by atoms with E-state index >= 15 is 0 Å². The molecule has 4 rings (SSSR count). The fourth-order valence-electron chi connectivity index (χ4n) is 4.15. The fraction of sp³-hybridized carbons (Fsp3) is 0.435. The molecule has 6 heteroatoms. The lowest BCUT2D eigenvalue weighted by Crippen LogP contribution is -2.48. The van der Waals surface area contributed by atoms with Gasteiger partial charge in [0.15, 0.2) is 0 Å². The maximum Gasteiger partial charge on any atom is 0.238 e. The van der Waals surface area contributed by atoms with Gasteiger partial charge in [-0.3, -0.25) is 9.69 Å². The number of nitrogens with one attached hydrogen (secondary N) is 1. The minimum absolute atomic E-state index is 0.0481. The van der Waals surface area contributed by atoms with Crippen LogP contribution in [0, 0.1) is 0 Å². The van der Waals surface area contributed by atoms with E-state index in [0.717, 1.165) is 55.7 Å². The van der Waals surface area contributed by atoms with Crippen molar-refractivity contribution in [1.82, 2.24) is 4.90 Å². The van der Waals surface area contributed by atoms with Gasteiger partial charge >= 0.3 is 0 Å². The number of carbonyl (C=O) groups excluding carboxylic acids is 1. The number of nitrogens with zero attached hydrogens (tertiary/aromatic N) is 3. The van der Waals surface area contributed by atoms with Crippen LogP contribution < -0.4 is 15.1 Å². The third-order valence-corrected chi connectivity index (χ3v) is 6.02. The first kappa shape index (κ1) is 20.0. The van der Waals surface area contributed by atoms with Crippen molar-refractivity contribution < 1.29 is 4.79 Å². The van der Waals surface area contributed by atoms with Gasteiger partial charge in [0.25, 0.3) is 0 Å². The summed E-state index contributed by atoms with van der Waals surface area (Å²) in [4.78, 5) is 19.4. The molecule has 2 aromatic carbocycles. The molecule has 0 atom stereocenters. The molecule has 5 nitrogen and oxygen atoms in total. The van der Waals surface area contributed by atoms with Gasteiger partial charge in [-0.1, -0.05) is 17.7 Å². The number of anilines is 3. The fourth-order valence-corrected chi connectivity index (χ4v) is 4.33. The van der Waals surface area contributed by atoms with Gasteiger partial charge in [0.05, 0.1) is 6.54 Å². The minimum atomic E-state index is 0.0481. The first-order valence-electron chi connectivity index (χ1n) is 10.6. The van der Waals surface area contributed by atoms with Gasteiger partial charge in [-0.25, -0.2) is 0 Å². The summed E-state index contributed by atoms with van der Waals surface area (Å²) in [5.74, 6) is 0.0481. The Morgan fingerprint density at radius 3 is 2.21 bits per heavy atom. The summed E-state index contributed by atoms with van der Waals surface area (Å²) in [6.45, 7) is 6.23. The molecule has 2 fully saturated rings. The predicted molar refractivity (Wildman–Crippen MR) is 121 cm³/mol. The van der Waals surface area contributed by atoms with Crippen molar-refractivity contribution in [1.29, 1.82) is 0 Å². The highest BCUT2D eigenvalue weighted by molar-refractivity contribution is 6.30. The highest BCUT2D eigenvalue weighted by Crippen LogP contribution is 2.22. The van der Waals surface area contributed by atoms with Crippen LogP contribution in [0.15, 0.2) is 48.5 Å². The first-order chi connectivity index (χ1) is 14.2. The van der Waals surface area contributed by atoms with Gasteiger partial charge in [0, 0.05) is 61.4 Å². The standard InChI is InChI=1S/C23H29ClN4O/c24-19-5-4-6-22(17-19)28-15-13-26(14-16-28)18-23(29)25-20-7-9-21(10-8-20)27-11-2-1-3-12-27/h4-10,17H,1-3,11-16,18H2,(H,25,29). The Labute approximate surface area is 178 Å². The van der Waals surface area contributed by atoms with E-state index in [1.807, 2.05) is 30.3 Å². The number of amides is 1. The van der Waals surface area contributed by atoms with Gasteiger partial charge in [0.2, 0.25) is 5.91 Å². The molecule has 2 aliphatic rings. The van der Waals surface area contributed by atoms with Crippen LogP contribution in [0.2, 0.25) is 5.02 Å². The molecule has 0 bridgehead atoms. The SMILES string of the molecule is O=C(CN1CCN(c2cccc(Cl)c2)CC1)Nc1ccc(N2CCCCC2)cc1. The lowest BCUT2D eigenvalue weighted by atomic mass is 10.1. The van der Waals surface area contributed by atoms with Crippen LogP contribution >= 0.6 is 11.6 Å². The van der Waals surface area contributed by atoms with Gasteiger partial charge in [-0.05, 0) is 61.7 Å². The van der Waals surface area contributed by atoms with Crippen molar-refractivity contribution >= 4 is 34.6 Å². The van der Waals surface area contributed by atoms with E-state index in [9.17, 15) is 4.79 Å². The van der Waals surface area contributed by atoms with E-state index in [-0.39, 0.29) is 5.91 Å². The van der Waals surface area contributed by atoms with Gasteiger partial charge < -0.3 is 15.1 Å². The third-order valence-electron chi connectivity index (χ3n) is 5.79. The van der Waals surface area contributed by atoms with Crippen molar-refractivity contribution in [3.8, 4) is 0 Å². The number of carbonyl (C=O) groups is 1. The van der Waals surface area contributed by atoms with Crippen LogP contribution in [-0.2, 0) is 4.79 Å². The summed E-state index contributed by atoms with van der Waals surface area (Å²) in [6.07, 6.45) is 3.87. The van der Waals surface area contributed by atoms with Crippen molar-refractivity contribution in [2.24, 2.45) is 0 Å². The van der Waals surface area contributed by atoms with E-state index < -0.39 is 0 Å². The van der Waals surface area contributed by atoms with Crippen molar-refractivity contribution in [2.45, 2.75) is 19.3 Å². The Morgan fingerprint density at radius 2 is 1.52 bits per heavy atom. The molecule has 0 aliphatic carbocycles. The average molecular weight is 413 g/mol. The van der Waals surface area contributed by atoms with Crippen LogP contribution in [0.3, 0.4) is 0 Å². The molecule has 1 amide bonds. The highest BCUT2D eigenvalue weighted by Gasteiger charge is 2.19. The molecule has 2 saturated heterocycles. The molecule has 29 heavy (non-hydrogen) atoms. The number of rotatable bonds is 5. The third kappa shape index (κ3) is 5.43. The zero-order chi connectivity index (χ0) is 20.1. The molecule has 0 spiro atoms. The summed E-state index contributed by atoms with van der Waals surface area (Å²) in [6, 6.07) is 16.2. The lowest BCUT2D eigenvalue weighted by molar-refractivity contribution is -0.117. The number of piperazine rings is 1. The molecule has 2 aromatic rings. The molecule has 2 aliphatic heterocycles. The predicted octanol–water partition coefficient (Wildman–Crippen LogP) is 4.09. The highest BCUT2D eigenvalue weighted by atomic mass is 35.5. The maximum absolute atomic E-state index is 12.5. The number of piperidine rings is 1. The van der Waals surface area contributed by atoms with Gasteiger partial charge in [-0.15, -0.1) is 0 Å². The topological polar surface area (TPSA) is 38.8 Å². The lowest BCUT2D eigenvalue weighted by Gasteiger charge is -2.35. The monoisotopic (exact) mass is 412 g/mol. The zero-order valence-corrected chi connectivity index (χ0v) is 17.6. The summed E-state index contributed by atoms with van der Waals surface area (Å²) >= 11 is 6.10. The molecular formula is C23H29ClN4O. The van der Waals surface area contributed by atoms with Gasteiger partial charge in [0.1, 0.15) is 0 Å². The van der Waals surface area contributed by atoms with Crippen LogP contribution in [0.5, 0.6) is 0 Å². The average Bonchev–Trinajstić information content (AvgIpc) is 2.75. The number of halogens is 1. The Morgan fingerprint density at radius 1 is 0.828 bits per heavy atom. The Kier molecular flexibility index (Phi) is 6.57. The maximum atomic E-state index is 12.5. The van der Waals surface area contributed by atoms with E-state index in [1.54, 1.807) is 0 Å². The summed E-state index contributed by atoms with van der Waals surface area (Å²) in [5.41, 5.74) is 3.27. The number of hydrogen-bond donors (Lipinski definition) is 1. The van der Waals surface area contributed by atoms with E-state index in [1.165, 1.54) is 24.9 Å². The van der Waals surface area contributed by atoms with Crippen molar-refractivity contribution in [3.63, 3.8) is 0 Å². The summed E-state index contributed by atoms with van der Waals surface area (Å²) in [7, 11) is 0. The Bertz CT molecular complexity index is 812. The quantitative estimate of drug-likeness (QED) is 0.802. The second-order valence-corrected chi connectivity index (χ2v) is 8.32. The molecule has 1 N–H and O–H groups in total. The second kappa shape index (κ2) is 9.51. The molecule has 0 aromatic heterocycles. The second-order valence-electron chi connectivity index (χ2n) is 7.89.